The minimum absolute atomic E-state index is 0.0601. The highest BCUT2D eigenvalue weighted by atomic mass is 32.1. The number of allylic oxidation sites excluding steroid dienone is 1. The number of thiazole rings is 1. The van der Waals surface area contributed by atoms with Crippen LogP contribution in [0.3, 0.4) is 0 Å². The van der Waals surface area contributed by atoms with Gasteiger partial charge in [-0.1, -0.05) is 59.9 Å². The van der Waals surface area contributed by atoms with Crippen LogP contribution >= 0.6 is 11.3 Å². The topological polar surface area (TPSA) is 63.8 Å². The highest BCUT2D eigenvalue weighted by molar-refractivity contribution is 7.07. The Morgan fingerprint density at radius 1 is 1.06 bits per heavy atom. The Balaban J connectivity index is 1.62. The van der Waals surface area contributed by atoms with Crippen LogP contribution in [0.5, 0.6) is 11.5 Å². The van der Waals surface area contributed by atoms with Crippen LogP contribution in [-0.4, -0.2) is 16.8 Å². The van der Waals surface area contributed by atoms with Crippen molar-refractivity contribution in [2.24, 2.45) is 4.99 Å². The quantitative estimate of drug-likeness (QED) is 0.496. The molecule has 0 spiro atoms. The summed E-state index contributed by atoms with van der Waals surface area (Å²) < 4.78 is 7.95. The van der Waals surface area contributed by atoms with Gasteiger partial charge in [-0.25, -0.2) is 4.99 Å². The summed E-state index contributed by atoms with van der Waals surface area (Å²) in [6.45, 7) is 0. The van der Waals surface area contributed by atoms with Crippen LogP contribution in [0.1, 0.15) is 34.7 Å². The molecule has 0 radical (unpaired) electrons. The van der Waals surface area contributed by atoms with E-state index in [4.69, 9.17) is 9.73 Å². The van der Waals surface area contributed by atoms with E-state index >= 15 is 0 Å². The van der Waals surface area contributed by atoms with Gasteiger partial charge in [-0.15, -0.1) is 0 Å². The Morgan fingerprint density at radius 2 is 1.88 bits per heavy atom. The lowest BCUT2D eigenvalue weighted by Gasteiger charge is -2.31. The number of aromatic nitrogens is 1. The first-order valence-corrected chi connectivity index (χ1v) is 12.0. The molecule has 1 N–H and O–H groups in total. The van der Waals surface area contributed by atoms with E-state index in [1.165, 1.54) is 16.9 Å². The van der Waals surface area contributed by atoms with Crippen molar-refractivity contribution in [3.63, 3.8) is 0 Å². The van der Waals surface area contributed by atoms with Crippen molar-refractivity contribution in [3.8, 4) is 11.5 Å². The first-order chi connectivity index (χ1) is 16.6. The number of fused-ring (bicyclic) bond motifs is 3. The van der Waals surface area contributed by atoms with Gasteiger partial charge in [0.2, 0.25) is 0 Å². The van der Waals surface area contributed by atoms with Gasteiger partial charge < -0.3 is 9.84 Å². The molecule has 6 rings (SSSR count). The number of ether oxygens (including phenoxy) is 1. The summed E-state index contributed by atoms with van der Waals surface area (Å²) >= 11 is 1.40. The highest BCUT2D eigenvalue weighted by Crippen LogP contribution is 2.41. The number of phenolic OH excluding ortho intramolecular Hbond substituents is 1. The molecule has 6 heteroatoms. The molecule has 168 valence electrons. The molecule has 1 aliphatic heterocycles. The lowest BCUT2D eigenvalue weighted by Crippen LogP contribution is -2.38. The van der Waals surface area contributed by atoms with Crippen LogP contribution in [0.25, 0.3) is 11.8 Å². The zero-order valence-electron chi connectivity index (χ0n) is 18.6. The van der Waals surface area contributed by atoms with Gasteiger partial charge in [0.15, 0.2) is 4.80 Å². The molecule has 0 saturated carbocycles. The fourth-order valence-corrected chi connectivity index (χ4v) is 5.86. The smallest absolute Gasteiger partial charge is 0.271 e. The molecule has 4 aromatic rings. The van der Waals surface area contributed by atoms with E-state index in [0.29, 0.717) is 9.33 Å². The largest absolute Gasteiger partial charge is 0.508 e. The number of nitrogens with zero attached hydrogens (tertiary/aromatic N) is 2. The van der Waals surface area contributed by atoms with E-state index in [0.717, 1.165) is 46.6 Å². The van der Waals surface area contributed by atoms with Crippen LogP contribution in [-0.2, 0) is 6.42 Å². The first kappa shape index (κ1) is 20.7. The number of rotatable bonds is 3. The van der Waals surface area contributed by atoms with E-state index in [2.05, 4.69) is 24.3 Å². The monoisotopic (exact) mass is 466 g/mol. The number of aromatic hydroxyl groups is 1. The summed E-state index contributed by atoms with van der Waals surface area (Å²) in [5.74, 6) is 0.960. The van der Waals surface area contributed by atoms with Crippen molar-refractivity contribution in [2.45, 2.75) is 18.9 Å². The number of methoxy groups -OCH3 is 1. The minimum Gasteiger partial charge on any atom is -0.508 e. The van der Waals surface area contributed by atoms with Gasteiger partial charge in [-0.05, 0) is 65.4 Å². The standard InChI is InChI=1S/C28H22N2O3S/c1-33-21-7-4-6-19(16-21)26-23-14-11-18-5-2-3-8-22(18)25(23)29-28-30(26)27(32)24(34-28)15-17-9-12-20(31)13-10-17/h2-10,12-13,15-16,26,31H,11,14H2,1H3/b24-15+. The lowest BCUT2D eigenvalue weighted by molar-refractivity contribution is 0.413. The van der Waals surface area contributed by atoms with Gasteiger partial charge in [-0.2, -0.15) is 0 Å². The van der Waals surface area contributed by atoms with Crippen LogP contribution in [0.2, 0.25) is 0 Å². The zero-order chi connectivity index (χ0) is 23.2. The minimum atomic E-state index is -0.239. The first-order valence-electron chi connectivity index (χ1n) is 11.2. The summed E-state index contributed by atoms with van der Waals surface area (Å²) in [5.41, 5.74) is 6.39. The van der Waals surface area contributed by atoms with Crippen molar-refractivity contribution < 1.29 is 9.84 Å². The average Bonchev–Trinajstić information content (AvgIpc) is 3.18. The number of aryl methyl sites for hydroxylation is 1. The molecule has 1 aliphatic carbocycles. The zero-order valence-corrected chi connectivity index (χ0v) is 19.4. The summed E-state index contributed by atoms with van der Waals surface area (Å²) in [5, 5.41) is 9.60. The second kappa shape index (κ2) is 8.15. The number of hydrogen-bond acceptors (Lipinski definition) is 5. The van der Waals surface area contributed by atoms with E-state index in [9.17, 15) is 9.90 Å². The summed E-state index contributed by atoms with van der Waals surface area (Å²) in [7, 11) is 1.66. The molecule has 34 heavy (non-hydrogen) atoms. The maximum absolute atomic E-state index is 13.7. The normalized spacial score (nSPS) is 17.0. The molecular weight excluding hydrogens is 444 g/mol. The Labute approximate surface area is 200 Å². The van der Waals surface area contributed by atoms with Gasteiger partial charge in [0.05, 0.1) is 23.4 Å². The van der Waals surface area contributed by atoms with Crippen LogP contribution in [0, 0.1) is 0 Å². The van der Waals surface area contributed by atoms with Crippen LogP contribution in [0.15, 0.2) is 88.2 Å². The van der Waals surface area contributed by atoms with Crippen molar-refractivity contribution in [3.05, 3.63) is 120 Å². The van der Waals surface area contributed by atoms with Crippen molar-refractivity contribution in [2.75, 3.05) is 7.11 Å². The molecule has 0 saturated heterocycles. The molecule has 0 amide bonds. The maximum atomic E-state index is 13.7. The van der Waals surface area contributed by atoms with Crippen molar-refractivity contribution in [1.82, 2.24) is 4.57 Å². The Morgan fingerprint density at radius 3 is 2.71 bits per heavy atom. The molecule has 3 aromatic carbocycles. The average molecular weight is 467 g/mol. The Bertz CT molecular complexity index is 1630. The van der Waals surface area contributed by atoms with E-state index in [-0.39, 0.29) is 17.4 Å². The summed E-state index contributed by atoms with van der Waals surface area (Å²) in [4.78, 5) is 19.4. The molecule has 1 unspecified atom stereocenters. The fourth-order valence-electron chi connectivity index (χ4n) is 4.86. The summed E-state index contributed by atoms with van der Waals surface area (Å²) in [6, 6.07) is 23.0. The SMILES string of the molecule is COc1cccc(C2C3=C(N=c4s/c(=C/c5ccc(O)cc5)c(=O)n42)c2ccccc2CC3)c1. The maximum Gasteiger partial charge on any atom is 0.271 e. The summed E-state index contributed by atoms with van der Waals surface area (Å²) in [6.07, 6.45) is 3.63. The molecule has 5 nitrogen and oxygen atoms in total. The van der Waals surface area contributed by atoms with E-state index in [1.807, 2.05) is 34.9 Å². The van der Waals surface area contributed by atoms with Crippen LogP contribution in [0.4, 0.5) is 0 Å². The van der Waals surface area contributed by atoms with Gasteiger partial charge >= 0.3 is 0 Å². The van der Waals surface area contributed by atoms with Crippen LogP contribution < -0.4 is 19.6 Å². The van der Waals surface area contributed by atoms with Crippen molar-refractivity contribution >= 4 is 23.1 Å². The highest BCUT2D eigenvalue weighted by Gasteiger charge is 2.32. The molecular formula is C28H22N2O3S. The van der Waals surface area contributed by atoms with Crippen molar-refractivity contribution in [1.29, 1.82) is 0 Å². The predicted octanol–water partition coefficient (Wildman–Crippen LogP) is 4.03. The molecule has 0 fully saturated rings. The van der Waals surface area contributed by atoms with E-state index in [1.54, 1.807) is 31.4 Å². The Kier molecular flexibility index (Phi) is 4.96. The number of hydrogen-bond donors (Lipinski definition) is 1. The molecule has 1 aromatic heterocycles. The van der Waals surface area contributed by atoms with Gasteiger partial charge in [0, 0.05) is 5.56 Å². The Hall–Kier alpha value is -3.90. The third-order valence-corrected chi connectivity index (χ3v) is 7.46. The third kappa shape index (κ3) is 3.38. The van der Waals surface area contributed by atoms with E-state index < -0.39 is 0 Å². The van der Waals surface area contributed by atoms with Gasteiger partial charge in [0.1, 0.15) is 11.5 Å². The molecule has 2 aliphatic rings. The second-order valence-corrected chi connectivity index (χ2v) is 9.49. The third-order valence-electron chi connectivity index (χ3n) is 6.47. The fraction of sp³-hybridized carbons (Fsp3) is 0.143. The second-order valence-electron chi connectivity index (χ2n) is 8.48. The van der Waals surface area contributed by atoms with Gasteiger partial charge in [-0.3, -0.25) is 9.36 Å². The molecule has 0 bridgehead atoms. The molecule has 1 atom stereocenters. The number of phenols is 1. The predicted molar refractivity (Wildman–Crippen MR) is 134 cm³/mol. The lowest BCUT2D eigenvalue weighted by atomic mass is 9.83. The molecule has 2 heterocycles. The number of benzene rings is 3. The van der Waals surface area contributed by atoms with Gasteiger partial charge in [0.25, 0.3) is 5.56 Å².